The third kappa shape index (κ3) is 4.54. The molecule has 0 bridgehead atoms. The maximum Gasteiger partial charge on any atom is 0.417 e. The number of ether oxygens (including phenoxy) is 3. The first-order valence-electron chi connectivity index (χ1n) is 9.04. The van der Waals surface area contributed by atoms with Crippen molar-refractivity contribution in [3.8, 4) is 11.5 Å². The van der Waals surface area contributed by atoms with Crippen LogP contribution in [0.5, 0.6) is 11.5 Å². The van der Waals surface area contributed by atoms with E-state index in [-0.39, 0.29) is 6.61 Å². The number of hydrogen-bond donors (Lipinski definition) is 1. The first-order valence-corrected chi connectivity index (χ1v) is 9.95. The molecule has 1 aliphatic heterocycles. The summed E-state index contributed by atoms with van der Waals surface area (Å²) in [6.07, 6.45) is -1.43. The van der Waals surface area contributed by atoms with Gasteiger partial charge in [-0.05, 0) is 29.7 Å². The quantitative estimate of drug-likeness (QED) is 0.635. The second-order valence-corrected chi connectivity index (χ2v) is 7.58. The van der Waals surface area contributed by atoms with Crippen molar-refractivity contribution in [3.63, 3.8) is 0 Å². The topological polar surface area (TPSA) is 85.3 Å². The molecule has 0 unspecified atom stereocenters. The van der Waals surface area contributed by atoms with Gasteiger partial charge in [0.25, 0.3) is 0 Å². The molecule has 154 valence electrons. The van der Waals surface area contributed by atoms with Crippen molar-refractivity contribution in [2.45, 2.75) is 23.4 Å². The fraction of sp³-hybridized carbons (Fsp3) is 0.333. The van der Waals surface area contributed by atoms with E-state index < -0.39 is 29.0 Å². The lowest BCUT2D eigenvalue weighted by atomic mass is 10.0. The monoisotopic (exact) mass is 463 g/mol. The van der Waals surface area contributed by atoms with Gasteiger partial charge in [-0.2, -0.15) is 0 Å². The van der Waals surface area contributed by atoms with Gasteiger partial charge in [0.2, 0.25) is 5.91 Å². The van der Waals surface area contributed by atoms with Crippen molar-refractivity contribution in [1.29, 1.82) is 0 Å². The molecule has 2 aromatic carbocycles. The number of carbonyl (C=O) groups excluding carboxylic acids is 2. The van der Waals surface area contributed by atoms with Crippen LogP contribution in [0.2, 0.25) is 0 Å². The van der Waals surface area contributed by atoms with Gasteiger partial charge in [-0.1, -0.05) is 52.3 Å². The molecule has 0 saturated carbocycles. The number of halogens is 1. The van der Waals surface area contributed by atoms with Gasteiger partial charge >= 0.3 is 6.09 Å². The summed E-state index contributed by atoms with van der Waals surface area (Å²) < 4.78 is 15.5. The molecule has 8 heteroatoms. The van der Waals surface area contributed by atoms with Crippen LogP contribution in [0.1, 0.15) is 17.2 Å². The van der Waals surface area contributed by atoms with Gasteiger partial charge in [-0.3, -0.25) is 4.79 Å². The standard InChI is InChI=1S/C21H22BrNO6/c1-27-16-9-8-14(11-17(16)28-2)19(24)18(22)20(25)23-15(12-29-21(23)26)10-13-6-4-3-5-7-13/h3-9,11,15,18-19,24H,10,12H2,1-2H3/t15-,18-,19-/m0/s1. The third-order valence-corrected chi connectivity index (χ3v) is 5.67. The van der Waals surface area contributed by atoms with E-state index in [1.54, 1.807) is 18.2 Å². The first-order chi connectivity index (χ1) is 14.0. The summed E-state index contributed by atoms with van der Waals surface area (Å²) in [5.41, 5.74) is 1.44. The zero-order valence-electron chi connectivity index (χ0n) is 16.1. The molecule has 1 aliphatic rings. The van der Waals surface area contributed by atoms with Gasteiger partial charge < -0.3 is 19.3 Å². The third-order valence-electron chi connectivity index (χ3n) is 4.77. The van der Waals surface area contributed by atoms with Gasteiger partial charge in [0, 0.05) is 0 Å². The summed E-state index contributed by atoms with van der Waals surface area (Å²) in [6.45, 7) is 0.117. The van der Waals surface area contributed by atoms with Gasteiger partial charge in [0.15, 0.2) is 11.5 Å². The number of amides is 2. The Morgan fingerprint density at radius 2 is 1.90 bits per heavy atom. The van der Waals surface area contributed by atoms with Crippen LogP contribution in [0, 0.1) is 0 Å². The molecule has 0 spiro atoms. The van der Waals surface area contributed by atoms with E-state index in [1.165, 1.54) is 14.2 Å². The van der Waals surface area contributed by atoms with Crippen molar-refractivity contribution in [2.24, 2.45) is 0 Å². The fourth-order valence-electron chi connectivity index (χ4n) is 3.24. The van der Waals surface area contributed by atoms with Crippen LogP contribution in [0.4, 0.5) is 4.79 Å². The van der Waals surface area contributed by atoms with Crippen molar-refractivity contribution in [2.75, 3.05) is 20.8 Å². The van der Waals surface area contributed by atoms with Crippen LogP contribution in [0.15, 0.2) is 48.5 Å². The fourth-order valence-corrected chi connectivity index (χ4v) is 3.77. The molecule has 3 rings (SSSR count). The van der Waals surface area contributed by atoms with Gasteiger partial charge in [-0.15, -0.1) is 0 Å². The van der Waals surface area contributed by atoms with Crippen molar-refractivity contribution >= 4 is 27.9 Å². The van der Waals surface area contributed by atoms with E-state index in [0.717, 1.165) is 10.5 Å². The zero-order valence-corrected chi connectivity index (χ0v) is 17.7. The first kappa shape index (κ1) is 21.1. The van der Waals surface area contributed by atoms with Crippen molar-refractivity contribution < 1.29 is 28.9 Å². The number of cyclic esters (lactones) is 1. The Kier molecular flexibility index (Phi) is 6.76. The minimum Gasteiger partial charge on any atom is -0.493 e. The van der Waals surface area contributed by atoms with E-state index in [0.29, 0.717) is 23.5 Å². The second kappa shape index (κ2) is 9.28. The molecule has 1 fully saturated rings. The highest BCUT2D eigenvalue weighted by molar-refractivity contribution is 9.10. The number of imide groups is 1. The lowest BCUT2D eigenvalue weighted by Crippen LogP contribution is -2.45. The van der Waals surface area contributed by atoms with Crippen LogP contribution in [-0.2, 0) is 16.0 Å². The molecule has 0 aliphatic carbocycles. The second-order valence-electron chi connectivity index (χ2n) is 6.59. The summed E-state index contributed by atoms with van der Waals surface area (Å²) in [5, 5.41) is 10.7. The van der Waals surface area contributed by atoms with Crippen molar-refractivity contribution in [1.82, 2.24) is 4.90 Å². The Hall–Kier alpha value is -2.58. The van der Waals surface area contributed by atoms with E-state index in [1.807, 2.05) is 30.3 Å². The lowest BCUT2D eigenvalue weighted by molar-refractivity contribution is -0.130. The normalized spacial score (nSPS) is 18.1. The summed E-state index contributed by atoms with van der Waals surface area (Å²) in [6, 6.07) is 14.0. The SMILES string of the molecule is COc1ccc([C@H](O)[C@H](Br)C(=O)N2C(=O)OC[C@@H]2Cc2ccccc2)cc1OC. The molecule has 7 nitrogen and oxygen atoms in total. The number of benzene rings is 2. The van der Waals surface area contributed by atoms with E-state index >= 15 is 0 Å². The maximum atomic E-state index is 13.0. The average Bonchev–Trinajstić information content (AvgIpc) is 3.12. The van der Waals surface area contributed by atoms with E-state index in [9.17, 15) is 14.7 Å². The van der Waals surface area contributed by atoms with Crippen LogP contribution in [-0.4, -0.2) is 53.7 Å². The Morgan fingerprint density at radius 3 is 2.55 bits per heavy atom. The maximum absolute atomic E-state index is 13.0. The molecule has 0 aromatic heterocycles. The van der Waals surface area contributed by atoms with E-state index in [4.69, 9.17) is 14.2 Å². The van der Waals surface area contributed by atoms with Crippen LogP contribution < -0.4 is 9.47 Å². The Morgan fingerprint density at radius 1 is 1.21 bits per heavy atom. The summed E-state index contributed by atoms with van der Waals surface area (Å²) in [7, 11) is 3.00. The van der Waals surface area contributed by atoms with Crippen LogP contribution in [0.25, 0.3) is 0 Å². The summed E-state index contributed by atoms with van der Waals surface area (Å²) in [5.74, 6) is 0.376. The molecular formula is C21H22BrNO6. The van der Waals surface area contributed by atoms with Gasteiger partial charge in [0.05, 0.1) is 20.3 Å². The molecule has 0 radical (unpaired) electrons. The Bertz CT molecular complexity index is 875. The van der Waals surface area contributed by atoms with E-state index in [2.05, 4.69) is 15.9 Å². The van der Waals surface area contributed by atoms with Gasteiger partial charge in [-0.25, -0.2) is 9.69 Å². The average molecular weight is 464 g/mol. The predicted octanol–water partition coefficient (Wildman–Crippen LogP) is 3.09. The minimum absolute atomic E-state index is 0.117. The number of aliphatic hydroxyl groups excluding tert-OH is 1. The zero-order chi connectivity index (χ0) is 21.0. The molecule has 2 amide bonds. The molecule has 1 heterocycles. The minimum atomic E-state index is -1.20. The predicted molar refractivity (Wildman–Crippen MR) is 109 cm³/mol. The Balaban J connectivity index is 1.77. The van der Waals surface area contributed by atoms with Crippen molar-refractivity contribution in [3.05, 3.63) is 59.7 Å². The molecule has 1 N–H and O–H groups in total. The lowest BCUT2D eigenvalue weighted by Gasteiger charge is -2.25. The highest BCUT2D eigenvalue weighted by Crippen LogP contribution is 2.33. The number of hydrogen-bond acceptors (Lipinski definition) is 6. The summed E-state index contributed by atoms with van der Waals surface area (Å²) in [4.78, 5) is 25.3. The van der Waals surface area contributed by atoms with Gasteiger partial charge in [0.1, 0.15) is 17.5 Å². The molecule has 29 heavy (non-hydrogen) atoms. The molecule has 1 saturated heterocycles. The Labute approximate surface area is 177 Å². The highest BCUT2D eigenvalue weighted by atomic mass is 79.9. The smallest absolute Gasteiger partial charge is 0.417 e. The molecule has 3 atom stereocenters. The number of methoxy groups -OCH3 is 2. The van der Waals surface area contributed by atoms with Crippen LogP contribution >= 0.6 is 15.9 Å². The molecule has 2 aromatic rings. The number of alkyl halides is 1. The number of rotatable bonds is 7. The number of nitrogens with zero attached hydrogens (tertiary/aromatic N) is 1. The number of carbonyl (C=O) groups is 2. The van der Waals surface area contributed by atoms with Crippen LogP contribution in [0.3, 0.4) is 0 Å². The summed E-state index contributed by atoms with van der Waals surface area (Å²) >= 11 is 3.26. The largest absolute Gasteiger partial charge is 0.493 e. The number of aliphatic hydroxyl groups is 1. The highest BCUT2D eigenvalue weighted by Gasteiger charge is 2.42. The molecular weight excluding hydrogens is 442 g/mol.